The van der Waals surface area contributed by atoms with Crippen LogP contribution in [-0.4, -0.2) is 25.8 Å². The van der Waals surface area contributed by atoms with Gasteiger partial charge in [-0.3, -0.25) is 4.68 Å². The summed E-state index contributed by atoms with van der Waals surface area (Å²) in [5, 5.41) is 13.0. The number of aromatic nitrogens is 3. The maximum atomic E-state index is 12.8. The number of thiazole rings is 1. The van der Waals surface area contributed by atoms with Crippen molar-refractivity contribution in [2.75, 3.05) is 0 Å². The van der Waals surface area contributed by atoms with Gasteiger partial charge in [0.2, 0.25) is 0 Å². The number of nitrogens with zero attached hydrogens (tertiary/aromatic N) is 3. The molecule has 0 aromatic carbocycles. The third kappa shape index (κ3) is 2.53. The molecule has 0 amide bonds. The molecular formula is C11H10F3N3O2S. The van der Waals surface area contributed by atoms with Crippen molar-refractivity contribution in [2.45, 2.75) is 19.5 Å². The van der Waals surface area contributed by atoms with Gasteiger partial charge < -0.3 is 5.11 Å². The Bertz CT molecular complexity index is 660. The lowest BCUT2D eigenvalue weighted by atomic mass is 10.2. The van der Waals surface area contributed by atoms with Crippen molar-refractivity contribution in [2.24, 2.45) is 7.05 Å². The van der Waals surface area contributed by atoms with Crippen molar-refractivity contribution in [1.29, 1.82) is 0 Å². The van der Waals surface area contributed by atoms with Gasteiger partial charge in [-0.05, 0) is 6.42 Å². The van der Waals surface area contributed by atoms with Crippen LogP contribution in [0, 0.1) is 0 Å². The highest BCUT2D eigenvalue weighted by atomic mass is 32.1. The zero-order valence-electron chi connectivity index (χ0n) is 10.5. The maximum absolute atomic E-state index is 12.8. The van der Waals surface area contributed by atoms with Crippen LogP contribution in [0.4, 0.5) is 13.2 Å². The molecule has 0 aliphatic heterocycles. The van der Waals surface area contributed by atoms with Crippen LogP contribution < -0.4 is 0 Å². The van der Waals surface area contributed by atoms with Gasteiger partial charge in [0, 0.05) is 13.2 Å². The van der Waals surface area contributed by atoms with E-state index in [0.717, 1.165) is 0 Å². The van der Waals surface area contributed by atoms with Gasteiger partial charge in [0.05, 0.1) is 11.3 Å². The van der Waals surface area contributed by atoms with Crippen LogP contribution in [0.15, 0.2) is 6.20 Å². The van der Waals surface area contributed by atoms with E-state index in [4.69, 9.17) is 5.11 Å². The molecule has 0 atom stereocenters. The molecule has 0 aliphatic carbocycles. The molecule has 2 aromatic rings. The fourth-order valence-corrected chi connectivity index (χ4v) is 2.70. The maximum Gasteiger partial charge on any atom is 0.435 e. The summed E-state index contributed by atoms with van der Waals surface area (Å²) < 4.78 is 39.8. The molecule has 0 saturated heterocycles. The summed E-state index contributed by atoms with van der Waals surface area (Å²) >= 11 is 0.506. The number of carbonyl (C=O) groups is 1. The number of alkyl halides is 3. The van der Waals surface area contributed by atoms with Crippen molar-refractivity contribution < 1.29 is 23.1 Å². The average molecular weight is 305 g/mol. The summed E-state index contributed by atoms with van der Waals surface area (Å²) in [7, 11) is 1.64. The van der Waals surface area contributed by atoms with Gasteiger partial charge in [0.1, 0.15) is 9.88 Å². The van der Waals surface area contributed by atoms with Crippen molar-refractivity contribution in [3.05, 3.63) is 22.5 Å². The first-order valence-electron chi connectivity index (χ1n) is 5.58. The van der Waals surface area contributed by atoms with Crippen molar-refractivity contribution in [1.82, 2.24) is 14.8 Å². The Labute approximate surface area is 115 Å². The van der Waals surface area contributed by atoms with Crippen LogP contribution in [0.3, 0.4) is 0 Å². The third-order valence-electron chi connectivity index (χ3n) is 2.56. The second-order valence-corrected chi connectivity index (χ2v) is 5.02. The van der Waals surface area contributed by atoms with Gasteiger partial charge in [0.25, 0.3) is 0 Å². The zero-order chi connectivity index (χ0) is 15.1. The van der Waals surface area contributed by atoms with Crippen LogP contribution in [0.5, 0.6) is 0 Å². The lowest BCUT2D eigenvalue weighted by Crippen LogP contribution is -2.11. The monoisotopic (exact) mass is 305 g/mol. The van der Waals surface area contributed by atoms with E-state index in [9.17, 15) is 18.0 Å². The van der Waals surface area contributed by atoms with Gasteiger partial charge in [-0.15, -0.1) is 11.3 Å². The fraction of sp³-hybridized carbons (Fsp3) is 0.364. The average Bonchev–Trinajstić information content (AvgIpc) is 2.90. The number of carboxylic acids is 1. The Kier molecular flexibility index (Phi) is 3.55. The van der Waals surface area contributed by atoms with E-state index in [2.05, 4.69) is 10.1 Å². The Morgan fingerprint density at radius 2 is 2.15 bits per heavy atom. The number of rotatable bonds is 3. The fourth-order valence-electron chi connectivity index (χ4n) is 1.75. The van der Waals surface area contributed by atoms with E-state index in [-0.39, 0.29) is 5.01 Å². The van der Waals surface area contributed by atoms with E-state index in [1.54, 1.807) is 7.05 Å². The molecule has 1 N–H and O–H groups in total. The molecule has 0 spiro atoms. The summed E-state index contributed by atoms with van der Waals surface area (Å²) in [6.07, 6.45) is -2.75. The Hall–Kier alpha value is -1.90. The minimum Gasteiger partial charge on any atom is -0.477 e. The Morgan fingerprint density at radius 3 is 2.60 bits per heavy atom. The number of hydrogen-bond donors (Lipinski definition) is 1. The largest absolute Gasteiger partial charge is 0.477 e. The zero-order valence-corrected chi connectivity index (χ0v) is 11.3. The minimum atomic E-state index is -4.79. The molecular weight excluding hydrogens is 295 g/mol. The summed E-state index contributed by atoms with van der Waals surface area (Å²) in [4.78, 5) is 13.6. The predicted octanol–water partition coefficient (Wildman–Crippen LogP) is 2.82. The molecule has 2 aromatic heterocycles. The third-order valence-corrected chi connectivity index (χ3v) is 3.64. The molecule has 0 fully saturated rings. The summed E-state index contributed by atoms with van der Waals surface area (Å²) in [5.74, 6) is -1.64. The number of hydrogen-bond acceptors (Lipinski definition) is 4. The van der Waals surface area contributed by atoms with Gasteiger partial charge >= 0.3 is 12.1 Å². The van der Waals surface area contributed by atoms with E-state index < -0.39 is 22.7 Å². The van der Waals surface area contributed by atoms with Crippen molar-refractivity contribution >= 4 is 17.3 Å². The molecule has 9 heteroatoms. The standard InChI is InChI=1S/C11H10F3N3O2S/c1-3-6-5(4-17(2)16-6)9-15-8(11(12,13)14)7(20-9)10(18)19/h4H,3H2,1-2H3,(H,18,19). The normalized spacial score (nSPS) is 11.8. The molecule has 0 unspecified atom stereocenters. The minimum absolute atomic E-state index is 0.0136. The van der Waals surface area contributed by atoms with E-state index >= 15 is 0 Å². The van der Waals surface area contributed by atoms with Crippen LogP contribution in [0.1, 0.15) is 28.0 Å². The van der Waals surface area contributed by atoms with Gasteiger partial charge in [0.15, 0.2) is 5.69 Å². The van der Waals surface area contributed by atoms with E-state index in [1.165, 1.54) is 10.9 Å². The quantitative estimate of drug-likeness (QED) is 0.947. The SMILES string of the molecule is CCc1nn(C)cc1-c1nc(C(F)(F)F)c(C(=O)O)s1. The molecule has 5 nitrogen and oxygen atoms in total. The first kappa shape index (κ1) is 14.5. The topological polar surface area (TPSA) is 68.0 Å². The Morgan fingerprint density at radius 1 is 1.50 bits per heavy atom. The predicted molar refractivity (Wildman–Crippen MR) is 65.7 cm³/mol. The summed E-state index contributed by atoms with van der Waals surface area (Å²) in [6.45, 7) is 1.81. The molecule has 0 radical (unpaired) electrons. The molecule has 0 aliphatic rings. The summed E-state index contributed by atoms with van der Waals surface area (Å²) in [6, 6.07) is 0. The van der Waals surface area contributed by atoms with Crippen LogP contribution in [0.25, 0.3) is 10.6 Å². The van der Waals surface area contributed by atoms with Gasteiger partial charge in [-0.2, -0.15) is 18.3 Å². The van der Waals surface area contributed by atoms with Crippen molar-refractivity contribution in [3.63, 3.8) is 0 Å². The number of aryl methyl sites for hydroxylation is 2. The highest BCUT2D eigenvalue weighted by Gasteiger charge is 2.40. The van der Waals surface area contributed by atoms with Crippen LogP contribution >= 0.6 is 11.3 Å². The lowest BCUT2D eigenvalue weighted by molar-refractivity contribution is -0.141. The van der Waals surface area contributed by atoms with E-state index in [1.807, 2.05) is 6.92 Å². The second kappa shape index (κ2) is 4.89. The lowest BCUT2D eigenvalue weighted by Gasteiger charge is -2.02. The highest BCUT2D eigenvalue weighted by Crippen LogP contribution is 2.38. The molecule has 0 saturated carbocycles. The molecule has 2 heterocycles. The van der Waals surface area contributed by atoms with Crippen LogP contribution in [-0.2, 0) is 19.6 Å². The van der Waals surface area contributed by atoms with Crippen LogP contribution in [0.2, 0.25) is 0 Å². The van der Waals surface area contributed by atoms with E-state index in [0.29, 0.717) is 29.0 Å². The molecule has 20 heavy (non-hydrogen) atoms. The highest BCUT2D eigenvalue weighted by molar-refractivity contribution is 7.17. The molecule has 0 bridgehead atoms. The molecule has 2 rings (SSSR count). The van der Waals surface area contributed by atoms with Gasteiger partial charge in [-0.25, -0.2) is 9.78 Å². The summed E-state index contributed by atoms with van der Waals surface area (Å²) in [5.41, 5.74) is -0.360. The number of aromatic carboxylic acids is 1. The van der Waals surface area contributed by atoms with Gasteiger partial charge in [-0.1, -0.05) is 6.92 Å². The number of carboxylic acid groups (broad SMARTS) is 1. The first-order chi connectivity index (χ1) is 9.24. The number of halogens is 3. The molecule has 108 valence electrons. The first-order valence-corrected chi connectivity index (χ1v) is 6.39. The second-order valence-electron chi connectivity index (χ2n) is 4.02. The Balaban J connectivity index is 2.62. The van der Waals surface area contributed by atoms with Crippen molar-refractivity contribution in [3.8, 4) is 10.6 Å². The smallest absolute Gasteiger partial charge is 0.435 e.